The summed E-state index contributed by atoms with van der Waals surface area (Å²) in [4.78, 5) is 15.5. The highest BCUT2D eigenvalue weighted by atomic mass is 19.1. The molecule has 21 heavy (non-hydrogen) atoms. The highest BCUT2D eigenvalue weighted by molar-refractivity contribution is 6.21. The number of nitrogens with zero attached hydrogens (tertiary/aromatic N) is 1. The van der Waals surface area contributed by atoms with Crippen molar-refractivity contribution in [1.29, 1.82) is 0 Å². The molecule has 1 aromatic heterocycles. The fourth-order valence-corrected chi connectivity index (χ4v) is 3.46. The van der Waals surface area contributed by atoms with Crippen molar-refractivity contribution in [2.24, 2.45) is 10.5 Å². The summed E-state index contributed by atoms with van der Waals surface area (Å²) in [5.74, 6) is -0.488. The van der Waals surface area contributed by atoms with Gasteiger partial charge in [0.1, 0.15) is 5.82 Å². The van der Waals surface area contributed by atoms with Gasteiger partial charge in [-0.05, 0) is 24.0 Å². The topological polar surface area (TPSA) is 57.2 Å². The number of aromatic amines is 1. The first-order valence-electron chi connectivity index (χ1n) is 7.11. The Morgan fingerprint density at radius 1 is 1.38 bits per heavy atom. The summed E-state index contributed by atoms with van der Waals surface area (Å²) < 4.78 is 13.8. The van der Waals surface area contributed by atoms with Crippen molar-refractivity contribution >= 4 is 22.5 Å². The second kappa shape index (κ2) is 3.72. The molecule has 0 spiro atoms. The van der Waals surface area contributed by atoms with Crippen molar-refractivity contribution in [2.75, 3.05) is 0 Å². The second-order valence-corrected chi connectivity index (χ2v) is 6.68. The molecule has 0 fully saturated rings. The number of aromatic nitrogens is 1. The standard InChI is InChI=1S/C16H16FN3O/c1-7-14-13-11(6-16(7,2)3)19-20-15(21)9-4-8(17)5-10(18-14)12(9)13/h4-5,7,18H,6H2,1-3H3,(H,20,21). The summed E-state index contributed by atoms with van der Waals surface area (Å²) in [7, 11) is 0. The third-order valence-electron chi connectivity index (χ3n) is 4.95. The number of H-pyrrole nitrogens is 1. The average molecular weight is 285 g/mol. The molecule has 0 saturated heterocycles. The van der Waals surface area contributed by atoms with E-state index in [1.165, 1.54) is 12.1 Å². The van der Waals surface area contributed by atoms with E-state index in [4.69, 9.17) is 0 Å². The van der Waals surface area contributed by atoms with Gasteiger partial charge in [-0.25, -0.2) is 9.82 Å². The minimum absolute atomic E-state index is 0.0283. The van der Waals surface area contributed by atoms with Gasteiger partial charge in [0, 0.05) is 22.6 Å². The van der Waals surface area contributed by atoms with Gasteiger partial charge in [0.05, 0.1) is 16.8 Å². The van der Waals surface area contributed by atoms with E-state index in [1.807, 2.05) is 0 Å². The molecule has 4 rings (SSSR count). The van der Waals surface area contributed by atoms with Crippen LogP contribution in [0.5, 0.6) is 0 Å². The van der Waals surface area contributed by atoms with Gasteiger partial charge in [-0.15, -0.1) is 0 Å². The van der Waals surface area contributed by atoms with Gasteiger partial charge < -0.3 is 4.98 Å². The number of halogens is 1. The van der Waals surface area contributed by atoms with Gasteiger partial charge in [0.2, 0.25) is 0 Å². The van der Waals surface area contributed by atoms with Crippen LogP contribution < -0.4 is 5.43 Å². The predicted octanol–water partition coefficient (Wildman–Crippen LogP) is 3.29. The summed E-state index contributed by atoms with van der Waals surface area (Å²) in [5, 5.41) is 5.08. The Morgan fingerprint density at radius 2 is 2.14 bits per heavy atom. The molecule has 5 heteroatoms. The molecular formula is C16H16FN3O. The Bertz CT molecular complexity index is 832. The first-order valence-corrected chi connectivity index (χ1v) is 7.11. The molecule has 2 heterocycles. The van der Waals surface area contributed by atoms with Gasteiger partial charge in [0.25, 0.3) is 5.91 Å². The van der Waals surface area contributed by atoms with Crippen LogP contribution in [0.3, 0.4) is 0 Å². The quantitative estimate of drug-likeness (QED) is 0.766. The van der Waals surface area contributed by atoms with Crippen LogP contribution >= 0.6 is 0 Å². The van der Waals surface area contributed by atoms with Crippen molar-refractivity contribution in [3.63, 3.8) is 0 Å². The van der Waals surface area contributed by atoms with E-state index in [0.717, 1.165) is 28.8 Å². The Morgan fingerprint density at radius 3 is 2.90 bits per heavy atom. The number of nitrogens with one attached hydrogen (secondary N) is 2. The molecular weight excluding hydrogens is 269 g/mol. The monoisotopic (exact) mass is 285 g/mol. The molecule has 1 atom stereocenters. The highest BCUT2D eigenvalue weighted by Gasteiger charge is 2.40. The molecule has 0 bridgehead atoms. The van der Waals surface area contributed by atoms with Crippen LogP contribution in [0.1, 0.15) is 54.7 Å². The lowest BCUT2D eigenvalue weighted by Gasteiger charge is -2.36. The van der Waals surface area contributed by atoms with E-state index in [1.54, 1.807) is 0 Å². The average Bonchev–Trinajstić information content (AvgIpc) is 2.72. The van der Waals surface area contributed by atoms with Gasteiger partial charge >= 0.3 is 0 Å². The predicted molar refractivity (Wildman–Crippen MR) is 79.1 cm³/mol. The smallest absolute Gasteiger partial charge is 0.272 e. The van der Waals surface area contributed by atoms with Crippen LogP contribution in [-0.4, -0.2) is 16.6 Å². The molecule has 2 aliphatic rings. The lowest BCUT2D eigenvalue weighted by Crippen LogP contribution is -2.31. The lowest BCUT2D eigenvalue weighted by molar-refractivity contribution is 0.0956. The molecule has 1 aromatic carbocycles. The molecule has 0 saturated carbocycles. The van der Waals surface area contributed by atoms with Crippen molar-refractivity contribution in [2.45, 2.75) is 33.1 Å². The third kappa shape index (κ3) is 1.54. The van der Waals surface area contributed by atoms with Crippen molar-refractivity contribution in [3.05, 3.63) is 34.8 Å². The van der Waals surface area contributed by atoms with Crippen LogP contribution in [-0.2, 0) is 0 Å². The Hall–Kier alpha value is -2.17. The highest BCUT2D eigenvalue weighted by Crippen LogP contribution is 2.47. The van der Waals surface area contributed by atoms with Crippen molar-refractivity contribution < 1.29 is 9.18 Å². The van der Waals surface area contributed by atoms with E-state index in [9.17, 15) is 9.18 Å². The fraction of sp³-hybridized carbons (Fsp3) is 0.375. The molecule has 1 aliphatic carbocycles. The van der Waals surface area contributed by atoms with Crippen LogP contribution in [0.2, 0.25) is 0 Å². The van der Waals surface area contributed by atoms with E-state index in [-0.39, 0.29) is 17.2 Å². The fourth-order valence-electron chi connectivity index (χ4n) is 3.46. The number of hydrazone groups is 1. The van der Waals surface area contributed by atoms with E-state index >= 15 is 0 Å². The van der Waals surface area contributed by atoms with Crippen molar-refractivity contribution in [1.82, 2.24) is 10.4 Å². The van der Waals surface area contributed by atoms with Gasteiger partial charge in [-0.2, -0.15) is 5.10 Å². The third-order valence-corrected chi connectivity index (χ3v) is 4.95. The van der Waals surface area contributed by atoms with Crippen LogP contribution in [0.15, 0.2) is 17.2 Å². The number of amides is 1. The van der Waals surface area contributed by atoms with Gasteiger partial charge in [-0.3, -0.25) is 4.79 Å². The first kappa shape index (κ1) is 12.6. The van der Waals surface area contributed by atoms with Crippen LogP contribution in [0.4, 0.5) is 4.39 Å². The van der Waals surface area contributed by atoms with Gasteiger partial charge in [0.15, 0.2) is 0 Å². The number of hydrogen-bond acceptors (Lipinski definition) is 2. The number of hydrogen-bond donors (Lipinski definition) is 2. The van der Waals surface area contributed by atoms with Gasteiger partial charge in [-0.1, -0.05) is 20.8 Å². The lowest BCUT2D eigenvalue weighted by atomic mass is 9.68. The SMILES string of the molecule is CC1c2[nH]c3cc(F)cc4c3c2C(=NNC4=O)CC1(C)C. The Kier molecular flexibility index (Phi) is 2.23. The minimum atomic E-state index is -0.415. The molecule has 2 aromatic rings. The summed E-state index contributed by atoms with van der Waals surface area (Å²) in [5.41, 5.74) is 6.50. The summed E-state index contributed by atoms with van der Waals surface area (Å²) in [6.07, 6.45) is 0.783. The summed E-state index contributed by atoms with van der Waals surface area (Å²) >= 11 is 0. The maximum Gasteiger partial charge on any atom is 0.272 e. The number of carbonyl (C=O) groups is 1. The maximum atomic E-state index is 13.8. The Labute approximate surface area is 121 Å². The number of carbonyl (C=O) groups excluding carboxylic acids is 1. The van der Waals surface area contributed by atoms with E-state index in [0.29, 0.717) is 11.1 Å². The Balaban J connectivity index is 2.17. The zero-order chi connectivity index (χ0) is 14.9. The maximum absolute atomic E-state index is 13.8. The number of benzene rings is 1. The molecule has 2 N–H and O–H groups in total. The molecule has 1 unspecified atom stereocenters. The van der Waals surface area contributed by atoms with Crippen LogP contribution in [0.25, 0.3) is 10.9 Å². The molecule has 1 amide bonds. The molecule has 0 radical (unpaired) electrons. The summed E-state index contributed by atoms with van der Waals surface area (Å²) in [6, 6.07) is 2.74. The largest absolute Gasteiger partial charge is 0.357 e. The molecule has 4 nitrogen and oxygen atoms in total. The normalized spacial score (nSPS) is 22.8. The van der Waals surface area contributed by atoms with Crippen LogP contribution in [0, 0.1) is 11.2 Å². The second-order valence-electron chi connectivity index (χ2n) is 6.68. The molecule has 1 aliphatic heterocycles. The minimum Gasteiger partial charge on any atom is -0.357 e. The zero-order valence-electron chi connectivity index (χ0n) is 12.2. The number of rotatable bonds is 0. The first-order chi connectivity index (χ1) is 9.88. The summed E-state index contributed by atoms with van der Waals surface area (Å²) in [6.45, 7) is 6.53. The van der Waals surface area contributed by atoms with E-state index in [2.05, 4.69) is 36.3 Å². The van der Waals surface area contributed by atoms with E-state index < -0.39 is 5.82 Å². The zero-order valence-corrected chi connectivity index (χ0v) is 12.2. The van der Waals surface area contributed by atoms with Crippen molar-refractivity contribution in [3.8, 4) is 0 Å². The molecule has 108 valence electrons.